The molecule has 0 aromatic carbocycles. The number of hydrogen-bond donors (Lipinski definition) is 3. The molecule has 0 unspecified atom stereocenters. The molecule has 0 amide bonds. The Morgan fingerprint density at radius 2 is 1.95 bits per heavy atom. The van der Waals surface area contributed by atoms with Gasteiger partial charge in [-0.2, -0.15) is 18.2 Å². The van der Waals surface area contributed by atoms with Crippen molar-refractivity contribution in [1.29, 1.82) is 0 Å². The van der Waals surface area contributed by atoms with E-state index in [4.69, 9.17) is 10.6 Å². The number of nitrogens with one attached hydrogen (secondary N) is 2. The van der Waals surface area contributed by atoms with Gasteiger partial charge in [0, 0.05) is 19.7 Å². The Balaban J connectivity index is 2.95. The Morgan fingerprint density at radius 1 is 1.32 bits per heavy atom. The predicted molar refractivity (Wildman–Crippen MR) is 64.4 cm³/mol. The molecule has 6 nitrogen and oxygen atoms in total. The maximum atomic E-state index is 12.6. The second-order valence-corrected chi connectivity index (χ2v) is 4.42. The first-order valence-electron chi connectivity index (χ1n) is 5.40. The Labute approximate surface area is 108 Å². The van der Waals surface area contributed by atoms with Crippen LogP contribution in [0.3, 0.4) is 0 Å². The van der Waals surface area contributed by atoms with Crippen LogP contribution >= 0.6 is 0 Å². The van der Waals surface area contributed by atoms with Gasteiger partial charge in [-0.15, -0.1) is 0 Å². The smallest absolute Gasteiger partial charge is 0.377 e. The number of alkyl halides is 3. The number of nitrogens with two attached hydrogens (primary N) is 1. The quantitative estimate of drug-likeness (QED) is 0.561. The van der Waals surface area contributed by atoms with Gasteiger partial charge in [-0.3, -0.25) is 5.43 Å². The van der Waals surface area contributed by atoms with Crippen LogP contribution in [0.25, 0.3) is 0 Å². The summed E-state index contributed by atoms with van der Waals surface area (Å²) in [6.07, 6.45) is -4.57. The van der Waals surface area contributed by atoms with Crippen LogP contribution < -0.4 is 16.6 Å². The summed E-state index contributed by atoms with van der Waals surface area (Å²) in [6, 6.07) is 0.812. The van der Waals surface area contributed by atoms with Gasteiger partial charge in [0.1, 0.15) is 5.82 Å². The summed E-state index contributed by atoms with van der Waals surface area (Å²) in [6.45, 7) is 3.85. The molecule has 1 heterocycles. The van der Waals surface area contributed by atoms with E-state index in [0.717, 1.165) is 6.07 Å². The van der Waals surface area contributed by atoms with E-state index in [1.807, 2.05) is 5.43 Å². The van der Waals surface area contributed by atoms with Crippen LogP contribution in [0.2, 0.25) is 0 Å². The van der Waals surface area contributed by atoms with Crippen LogP contribution in [0.1, 0.15) is 19.5 Å². The molecule has 9 heteroatoms. The lowest BCUT2D eigenvalue weighted by Gasteiger charge is -2.23. The summed E-state index contributed by atoms with van der Waals surface area (Å²) >= 11 is 0. The summed E-state index contributed by atoms with van der Waals surface area (Å²) in [5, 5.41) is 2.75. The lowest BCUT2D eigenvalue weighted by molar-refractivity contribution is -0.141. The van der Waals surface area contributed by atoms with Crippen LogP contribution in [0.15, 0.2) is 6.07 Å². The van der Waals surface area contributed by atoms with Gasteiger partial charge in [-0.05, 0) is 13.8 Å². The molecule has 0 atom stereocenters. The highest BCUT2D eigenvalue weighted by Gasteiger charge is 2.33. The third-order valence-corrected chi connectivity index (χ3v) is 2.39. The SMILES string of the molecule is COC(C)(C)CNc1cc(C(F)(F)F)nc(NN)n1. The predicted octanol–water partition coefficient (Wildman–Crippen LogP) is 1.62. The molecular formula is C10H16F3N5O. The standard InChI is InChI=1S/C10H16F3N5O/c1-9(2,19-3)5-15-7-4-6(10(11,12)13)16-8(17-7)18-14/h4H,5,14H2,1-3H3,(H2,15,16,17,18). The summed E-state index contributed by atoms with van der Waals surface area (Å²) < 4.78 is 43.0. The third kappa shape index (κ3) is 4.52. The fourth-order valence-corrected chi connectivity index (χ4v) is 1.12. The number of hydrazine groups is 1. The Hall–Kier alpha value is -1.61. The number of rotatable bonds is 5. The lowest BCUT2D eigenvalue weighted by Crippen LogP contribution is -2.32. The van der Waals surface area contributed by atoms with Crippen molar-refractivity contribution in [2.24, 2.45) is 5.84 Å². The van der Waals surface area contributed by atoms with Gasteiger partial charge >= 0.3 is 6.18 Å². The molecule has 0 aliphatic rings. The number of nitrogen functional groups attached to an aromatic ring is 1. The zero-order chi connectivity index (χ0) is 14.7. The summed E-state index contributed by atoms with van der Waals surface area (Å²) in [5.41, 5.74) is 0.380. The highest BCUT2D eigenvalue weighted by Crippen LogP contribution is 2.29. The molecule has 0 radical (unpaired) electrons. The van der Waals surface area contributed by atoms with Crippen molar-refractivity contribution < 1.29 is 17.9 Å². The number of aromatic nitrogens is 2. The van der Waals surface area contributed by atoms with E-state index < -0.39 is 17.5 Å². The van der Waals surface area contributed by atoms with E-state index >= 15 is 0 Å². The average molecular weight is 279 g/mol. The summed E-state index contributed by atoms with van der Waals surface area (Å²) in [4.78, 5) is 7.03. The highest BCUT2D eigenvalue weighted by molar-refractivity contribution is 5.42. The lowest BCUT2D eigenvalue weighted by atomic mass is 10.1. The molecule has 4 N–H and O–H groups in total. The molecule has 0 aliphatic carbocycles. The van der Waals surface area contributed by atoms with Crippen LogP contribution in [-0.2, 0) is 10.9 Å². The number of nitrogens with zero attached hydrogens (tertiary/aromatic N) is 2. The zero-order valence-corrected chi connectivity index (χ0v) is 10.8. The van der Waals surface area contributed by atoms with E-state index in [1.54, 1.807) is 13.8 Å². The van der Waals surface area contributed by atoms with Crippen molar-refractivity contribution in [2.75, 3.05) is 24.4 Å². The minimum Gasteiger partial charge on any atom is -0.377 e. The van der Waals surface area contributed by atoms with Crippen LogP contribution in [0.4, 0.5) is 24.9 Å². The molecule has 0 spiro atoms. The fraction of sp³-hybridized carbons (Fsp3) is 0.600. The largest absolute Gasteiger partial charge is 0.433 e. The first-order valence-corrected chi connectivity index (χ1v) is 5.40. The highest BCUT2D eigenvalue weighted by atomic mass is 19.4. The van der Waals surface area contributed by atoms with Gasteiger partial charge in [0.2, 0.25) is 5.95 Å². The Kier molecular flexibility index (Phi) is 4.53. The minimum atomic E-state index is -4.57. The topological polar surface area (TPSA) is 85.1 Å². The van der Waals surface area contributed by atoms with E-state index in [0.29, 0.717) is 0 Å². The number of ether oxygens (including phenoxy) is 1. The van der Waals surface area contributed by atoms with E-state index in [2.05, 4.69) is 15.3 Å². The third-order valence-electron chi connectivity index (χ3n) is 2.39. The number of halogens is 3. The maximum Gasteiger partial charge on any atom is 0.433 e. The summed E-state index contributed by atoms with van der Waals surface area (Å²) in [5.74, 6) is 4.75. The maximum absolute atomic E-state index is 12.6. The van der Waals surface area contributed by atoms with Crippen LogP contribution in [0.5, 0.6) is 0 Å². The summed E-state index contributed by atoms with van der Waals surface area (Å²) in [7, 11) is 1.51. The van der Waals surface area contributed by atoms with Crippen molar-refractivity contribution in [3.8, 4) is 0 Å². The fourth-order valence-electron chi connectivity index (χ4n) is 1.12. The van der Waals surface area contributed by atoms with Crippen LogP contribution in [0, 0.1) is 0 Å². The van der Waals surface area contributed by atoms with E-state index in [1.165, 1.54) is 7.11 Å². The van der Waals surface area contributed by atoms with Gasteiger partial charge < -0.3 is 10.1 Å². The number of anilines is 2. The zero-order valence-electron chi connectivity index (χ0n) is 10.8. The molecule has 1 aromatic heterocycles. The molecule has 1 rings (SSSR count). The van der Waals surface area contributed by atoms with Gasteiger partial charge in [0.15, 0.2) is 5.69 Å². The number of hydrogen-bond acceptors (Lipinski definition) is 6. The number of methoxy groups -OCH3 is 1. The molecule has 0 saturated carbocycles. The Morgan fingerprint density at radius 3 is 2.42 bits per heavy atom. The second kappa shape index (κ2) is 5.57. The van der Waals surface area contributed by atoms with Gasteiger partial charge in [0.05, 0.1) is 5.60 Å². The molecule has 0 bridgehead atoms. The molecular weight excluding hydrogens is 263 g/mol. The first kappa shape index (κ1) is 15.4. The molecule has 0 saturated heterocycles. The van der Waals surface area contributed by atoms with Gasteiger partial charge in [-0.1, -0.05) is 0 Å². The van der Waals surface area contributed by atoms with Crippen LogP contribution in [-0.4, -0.2) is 29.2 Å². The molecule has 0 fully saturated rings. The second-order valence-electron chi connectivity index (χ2n) is 4.42. The normalized spacial score (nSPS) is 12.4. The van der Waals surface area contributed by atoms with Crippen molar-refractivity contribution in [3.63, 3.8) is 0 Å². The molecule has 108 valence electrons. The molecule has 0 aliphatic heterocycles. The molecule has 19 heavy (non-hydrogen) atoms. The van der Waals surface area contributed by atoms with Crippen molar-refractivity contribution >= 4 is 11.8 Å². The van der Waals surface area contributed by atoms with Crippen molar-refractivity contribution in [2.45, 2.75) is 25.6 Å². The van der Waals surface area contributed by atoms with Crippen molar-refractivity contribution in [1.82, 2.24) is 9.97 Å². The van der Waals surface area contributed by atoms with Crippen molar-refractivity contribution in [3.05, 3.63) is 11.8 Å². The van der Waals surface area contributed by atoms with Gasteiger partial charge in [-0.25, -0.2) is 10.8 Å². The molecule has 1 aromatic rings. The van der Waals surface area contributed by atoms with E-state index in [9.17, 15) is 13.2 Å². The first-order chi connectivity index (χ1) is 8.68. The van der Waals surface area contributed by atoms with Gasteiger partial charge in [0.25, 0.3) is 0 Å². The Bertz CT molecular complexity index is 436. The van der Waals surface area contributed by atoms with E-state index in [-0.39, 0.29) is 18.3 Å². The average Bonchev–Trinajstić information content (AvgIpc) is 2.35. The minimum absolute atomic E-state index is 0.0143. The monoisotopic (exact) mass is 279 g/mol.